The molecule has 0 aromatic carbocycles. The highest BCUT2D eigenvalue weighted by molar-refractivity contribution is 7.91. The first kappa shape index (κ1) is 11.3. The molecule has 1 fully saturated rings. The summed E-state index contributed by atoms with van der Waals surface area (Å²) in [6.07, 6.45) is 7.15. The van der Waals surface area contributed by atoms with Crippen molar-refractivity contribution in [1.29, 1.82) is 0 Å². The zero-order chi connectivity index (χ0) is 11.6. The van der Waals surface area contributed by atoms with Gasteiger partial charge in [0.15, 0.2) is 9.84 Å². The maximum atomic E-state index is 11.7. The lowest BCUT2D eigenvalue weighted by atomic mass is 10.1. The van der Waals surface area contributed by atoms with E-state index in [1.165, 1.54) is 6.26 Å². The lowest BCUT2D eigenvalue weighted by Gasteiger charge is -2.34. The van der Waals surface area contributed by atoms with E-state index in [4.69, 9.17) is 0 Å². The molecule has 2 heterocycles. The number of nitrogens with zero attached hydrogens (tertiary/aromatic N) is 3. The predicted octanol–water partition coefficient (Wildman–Crippen LogP) is 0.838. The van der Waals surface area contributed by atoms with Crippen LogP contribution in [0.15, 0.2) is 18.5 Å². The molecule has 88 valence electrons. The standard InChI is InChI=1S/C10H15N3O2S/c1-16(14,15)9-5-2-3-8-13(9)10-11-6-4-7-12-10/h4,6-7,9H,2-3,5,8H2,1H3. The molecule has 0 N–H and O–H groups in total. The topological polar surface area (TPSA) is 63.2 Å². The van der Waals surface area contributed by atoms with Crippen molar-refractivity contribution in [3.05, 3.63) is 18.5 Å². The van der Waals surface area contributed by atoms with Crippen LogP contribution in [0.25, 0.3) is 0 Å². The van der Waals surface area contributed by atoms with E-state index in [0.717, 1.165) is 12.8 Å². The number of piperidine rings is 1. The van der Waals surface area contributed by atoms with Crippen LogP contribution in [-0.2, 0) is 9.84 Å². The molecule has 6 heteroatoms. The van der Waals surface area contributed by atoms with Crippen LogP contribution in [0.1, 0.15) is 19.3 Å². The average Bonchev–Trinajstić information content (AvgIpc) is 2.29. The monoisotopic (exact) mass is 241 g/mol. The third-order valence-corrected chi connectivity index (χ3v) is 4.23. The van der Waals surface area contributed by atoms with Crippen molar-refractivity contribution < 1.29 is 8.42 Å². The van der Waals surface area contributed by atoms with E-state index < -0.39 is 15.2 Å². The summed E-state index contributed by atoms with van der Waals surface area (Å²) in [5.41, 5.74) is 0. The zero-order valence-corrected chi connectivity index (χ0v) is 10.0. The van der Waals surface area contributed by atoms with E-state index in [9.17, 15) is 8.42 Å². The van der Waals surface area contributed by atoms with Gasteiger partial charge < -0.3 is 4.90 Å². The van der Waals surface area contributed by atoms with Crippen LogP contribution in [-0.4, -0.2) is 36.6 Å². The summed E-state index contributed by atoms with van der Waals surface area (Å²) < 4.78 is 23.3. The summed E-state index contributed by atoms with van der Waals surface area (Å²) >= 11 is 0. The molecule has 0 radical (unpaired) electrons. The van der Waals surface area contributed by atoms with Gasteiger partial charge in [-0.25, -0.2) is 18.4 Å². The van der Waals surface area contributed by atoms with Gasteiger partial charge in [-0.05, 0) is 25.3 Å². The molecular formula is C10H15N3O2S. The first-order valence-corrected chi connectivity index (χ1v) is 7.27. The van der Waals surface area contributed by atoms with Crippen molar-refractivity contribution >= 4 is 15.8 Å². The summed E-state index contributed by atoms with van der Waals surface area (Å²) in [6, 6.07) is 1.73. The summed E-state index contributed by atoms with van der Waals surface area (Å²) in [6.45, 7) is 0.710. The van der Waals surface area contributed by atoms with Gasteiger partial charge in [-0.3, -0.25) is 0 Å². The largest absolute Gasteiger partial charge is 0.324 e. The van der Waals surface area contributed by atoms with Crippen molar-refractivity contribution in [2.24, 2.45) is 0 Å². The van der Waals surface area contributed by atoms with Crippen LogP contribution in [0.5, 0.6) is 0 Å². The Morgan fingerprint density at radius 3 is 2.62 bits per heavy atom. The van der Waals surface area contributed by atoms with Gasteiger partial charge in [0, 0.05) is 25.2 Å². The highest BCUT2D eigenvalue weighted by Gasteiger charge is 2.31. The third kappa shape index (κ3) is 2.32. The van der Waals surface area contributed by atoms with Gasteiger partial charge in [0.25, 0.3) is 0 Å². The van der Waals surface area contributed by atoms with Gasteiger partial charge in [0.05, 0.1) is 0 Å². The Bertz CT molecular complexity index is 446. The minimum absolute atomic E-state index is 0.469. The molecule has 1 aliphatic heterocycles. The number of hydrogen-bond acceptors (Lipinski definition) is 5. The molecule has 0 amide bonds. The van der Waals surface area contributed by atoms with E-state index in [-0.39, 0.29) is 0 Å². The van der Waals surface area contributed by atoms with Crippen LogP contribution >= 0.6 is 0 Å². The van der Waals surface area contributed by atoms with Crippen molar-refractivity contribution in [3.63, 3.8) is 0 Å². The molecule has 16 heavy (non-hydrogen) atoms. The van der Waals surface area contributed by atoms with Gasteiger partial charge >= 0.3 is 0 Å². The molecule has 0 saturated carbocycles. The molecular weight excluding hydrogens is 226 g/mol. The lowest BCUT2D eigenvalue weighted by Crippen LogP contribution is -2.45. The number of rotatable bonds is 2. The van der Waals surface area contributed by atoms with Crippen molar-refractivity contribution in [2.45, 2.75) is 24.6 Å². The number of hydrogen-bond donors (Lipinski definition) is 0. The summed E-state index contributed by atoms with van der Waals surface area (Å²) in [4.78, 5) is 10.0. The Morgan fingerprint density at radius 1 is 1.31 bits per heavy atom. The van der Waals surface area contributed by atoms with Crippen LogP contribution in [0.2, 0.25) is 0 Å². The van der Waals surface area contributed by atoms with Crippen LogP contribution in [0.4, 0.5) is 5.95 Å². The second-order valence-corrected chi connectivity index (χ2v) is 6.23. The molecule has 1 aliphatic rings. The van der Waals surface area contributed by atoms with Gasteiger partial charge in [0.2, 0.25) is 5.95 Å². The summed E-state index contributed by atoms with van der Waals surface area (Å²) in [7, 11) is -3.08. The molecule has 1 aromatic heterocycles. The molecule has 2 rings (SSSR count). The molecule has 0 aliphatic carbocycles. The molecule has 5 nitrogen and oxygen atoms in total. The fourth-order valence-electron chi connectivity index (χ4n) is 2.01. The first-order chi connectivity index (χ1) is 7.59. The predicted molar refractivity (Wildman–Crippen MR) is 61.9 cm³/mol. The maximum Gasteiger partial charge on any atom is 0.226 e. The smallest absolute Gasteiger partial charge is 0.226 e. The van der Waals surface area contributed by atoms with Crippen LogP contribution in [0.3, 0.4) is 0 Å². The van der Waals surface area contributed by atoms with Crippen molar-refractivity contribution in [1.82, 2.24) is 9.97 Å². The third-order valence-electron chi connectivity index (χ3n) is 2.75. The van der Waals surface area contributed by atoms with Gasteiger partial charge in [0.1, 0.15) is 5.37 Å². The van der Waals surface area contributed by atoms with Crippen LogP contribution < -0.4 is 4.90 Å². The van der Waals surface area contributed by atoms with E-state index in [0.29, 0.717) is 18.9 Å². The first-order valence-electron chi connectivity index (χ1n) is 5.31. The zero-order valence-electron chi connectivity index (χ0n) is 9.20. The Balaban J connectivity index is 2.31. The Morgan fingerprint density at radius 2 is 2.00 bits per heavy atom. The second kappa shape index (κ2) is 4.37. The SMILES string of the molecule is CS(=O)(=O)C1CCCCN1c1ncccn1. The normalized spacial score (nSPS) is 22.1. The Kier molecular flexibility index (Phi) is 3.09. The van der Waals surface area contributed by atoms with E-state index in [1.54, 1.807) is 23.4 Å². The number of aromatic nitrogens is 2. The Hall–Kier alpha value is -1.17. The molecule has 0 bridgehead atoms. The highest BCUT2D eigenvalue weighted by atomic mass is 32.2. The van der Waals surface area contributed by atoms with Gasteiger partial charge in [-0.1, -0.05) is 0 Å². The lowest BCUT2D eigenvalue weighted by molar-refractivity contribution is 0.505. The molecule has 1 unspecified atom stereocenters. The highest BCUT2D eigenvalue weighted by Crippen LogP contribution is 2.24. The van der Waals surface area contributed by atoms with Crippen molar-refractivity contribution in [2.75, 3.05) is 17.7 Å². The molecule has 0 spiro atoms. The van der Waals surface area contributed by atoms with Crippen LogP contribution in [0, 0.1) is 0 Å². The van der Waals surface area contributed by atoms with E-state index in [2.05, 4.69) is 9.97 Å². The fraction of sp³-hybridized carbons (Fsp3) is 0.600. The maximum absolute atomic E-state index is 11.7. The quantitative estimate of drug-likeness (QED) is 0.767. The second-order valence-electron chi connectivity index (χ2n) is 4.02. The minimum Gasteiger partial charge on any atom is -0.324 e. The number of sulfone groups is 1. The van der Waals surface area contributed by atoms with Crippen molar-refractivity contribution in [3.8, 4) is 0 Å². The van der Waals surface area contributed by atoms with E-state index >= 15 is 0 Å². The number of anilines is 1. The van der Waals surface area contributed by atoms with Gasteiger partial charge in [-0.2, -0.15) is 0 Å². The minimum atomic E-state index is -3.08. The molecule has 1 saturated heterocycles. The summed E-state index contributed by atoms with van der Waals surface area (Å²) in [5, 5.41) is -0.469. The fourth-order valence-corrected chi connectivity index (χ4v) is 3.27. The molecule has 1 atom stereocenters. The van der Waals surface area contributed by atoms with Gasteiger partial charge in [-0.15, -0.1) is 0 Å². The summed E-state index contributed by atoms with van der Waals surface area (Å²) in [5.74, 6) is 0.512. The Labute approximate surface area is 95.4 Å². The molecule has 1 aromatic rings. The van der Waals surface area contributed by atoms with E-state index in [1.807, 2.05) is 0 Å². The average molecular weight is 241 g/mol.